The summed E-state index contributed by atoms with van der Waals surface area (Å²) in [6.45, 7) is 0. The van der Waals surface area contributed by atoms with Crippen LogP contribution in [0.2, 0.25) is 0 Å². The van der Waals surface area contributed by atoms with E-state index >= 15 is 0 Å². The molecule has 5 rings (SSSR count). The fourth-order valence-electron chi connectivity index (χ4n) is 4.92. The van der Waals surface area contributed by atoms with Crippen molar-refractivity contribution in [3.05, 3.63) is 46.0 Å². The van der Waals surface area contributed by atoms with Crippen molar-refractivity contribution in [1.29, 1.82) is 0 Å². The fourth-order valence-corrected chi connectivity index (χ4v) is 5.87. The molecule has 1 heterocycles. The lowest BCUT2D eigenvalue weighted by molar-refractivity contribution is 0.177. The highest BCUT2D eigenvalue weighted by molar-refractivity contribution is 7.47. The molecule has 4 aliphatic rings. The quantitative estimate of drug-likeness (QED) is 0.656. The van der Waals surface area contributed by atoms with E-state index in [-0.39, 0.29) is 6.10 Å². The van der Waals surface area contributed by atoms with Crippen molar-refractivity contribution in [3.63, 3.8) is 0 Å². The number of allylic oxidation sites excluding steroid dienone is 2. The maximum Gasteiger partial charge on any atom is 0.528 e. The van der Waals surface area contributed by atoms with Crippen molar-refractivity contribution in [2.24, 2.45) is 0 Å². The molecule has 1 fully saturated rings. The molecule has 0 radical (unpaired) electrons. The fraction of sp³-hybridized carbons (Fsp3) is 0.500. The summed E-state index contributed by atoms with van der Waals surface area (Å²) in [6, 6.07) is 3.95. The summed E-state index contributed by atoms with van der Waals surface area (Å²) in [7, 11) is -4.10. The molecular formula is C20H23O4P. The molecular weight excluding hydrogens is 335 g/mol. The molecule has 0 spiro atoms. The van der Waals surface area contributed by atoms with Crippen LogP contribution in [0, 0.1) is 0 Å². The van der Waals surface area contributed by atoms with Crippen molar-refractivity contribution >= 4 is 13.4 Å². The van der Waals surface area contributed by atoms with Crippen LogP contribution in [0.15, 0.2) is 29.4 Å². The Kier molecular flexibility index (Phi) is 3.70. The molecule has 0 saturated heterocycles. The van der Waals surface area contributed by atoms with Crippen LogP contribution in [0.3, 0.4) is 0 Å². The first-order valence-electron chi connectivity index (χ1n) is 9.41. The van der Waals surface area contributed by atoms with Gasteiger partial charge in [0.15, 0.2) is 0 Å². The molecule has 5 heteroatoms. The minimum atomic E-state index is -4.10. The van der Waals surface area contributed by atoms with E-state index in [2.05, 4.69) is 12.1 Å². The molecule has 1 aliphatic heterocycles. The van der Waals surface area contributed by atoms with Crippen LogP contribution < -0.4 is 4.52 Å². The number of rotatable bonds is 0. The predicted octanol–water partition coefficient (Wildman–Crippen LogP) is 5.10. The van der Waals surface area contributed by atoms with Gasteiger partial charge in [0.25, 0.3) is 0 Å². The molecule has 0 bridgehead atoms. The third kappa shape index (κ3) is 2.63. The summed E-state index contributed by atoms with van der Waals surface area (Å²) >= 11 is 0. The zero-order valence-electron chi connectivity index (χ0n) is 14.3. The van der Waals surface area contributed by atoms with Crippen LogP contribution in [0.4, 0.5) is 0 Å². The van der Waals surface area contributed by atoms with Gasteiger partial charge >= 0.3 is 7.82 Å². The second-order valence-electron chi connectivity index (χ2n) is 7.50. The number of benzene rings is 1. The van der Waals surface area contributed by atoms with Gasteiger partial charge in [0, 0.05) is 5.56 Å². The number of hydrogen-bond donors (Lipinski definition) is 1. The largest absolute Gasteiger partial charge is 0.528 e. The first kappa shape index (κ1) is 15.9. The van der Waals surface area contributed by atoms with Crippen LogP contribution in [0.25, 0.3) is 5.57 Å². The number of fused-ring (bicyclic) bond motifs is 6. The van der Waals surface area contributed by atoms with Crippen molar-refractivity contribution in [3.8, 4) is 5.75 Å². The average molecular weight is 358 g/mol. The van der Waals surface area contributed by atoms with E-state index in [4.69, 9.17) is 9.05 Å². The predicted molar refractivity (Wildman–Crippen MR) is 96.5 cm³/mol. The van der Waals surface area contributed by atoms with Gasteiger partial charge in [-0.2, -0.15) is 0 Å². The minimum absolute atomic E-state index is 0.373. The van der Waals surface area contributed by atoms with Crippen LogP contribution >= 0.6 is 7.82 Å². The molecule has 0 amide bonds. The molecule has 1 saturated carbocycles. The topological polar surface area (TPSA) is 55.8 Å². The molecule has 25 heavy (non-hydrogen) atoms. The standard InChI is InChI=1S/C20H23O4P/c21-25(22)23-17-11-9-13-5-1-3-7-15(13)19(17)20-16-8-4-2-6-14(16)10-12-18(20)24-25/h9-11,18H,1-8,12H2,(H,21,22). The summed E-state index contributed by atoms with van der Waals surface area (Å²) in [5.74, 6) is 0.531. The van der Waals surface area contributed by atoms with Gasteiger partial charge in [0.2, 0.25) is 0 Å². The molecule has 4 nitrogen and oxygen atoms in total. The number of hydrogen-bond acceptors (Lipinski definition) is 3. The summed E-state index contributed by atoms with van der Waals surface area (Å²) in [5.41, 5.74) is 7.63. The lowest BCUT2D eigenvalue weighted by Crippen LogP contribution is -2.21. The maximum atomic E-state index is 12.5. The Balaban J connectivity index is 1.80. The number of phosphoric acid groups is 1. The smallest absolute Gasteiger partial charge is 0.403 e. The van der Waals surface area contributed by atoms with E-state index in [9.17, 15) is 9.46 Å². The van der Waals surface area contributed by atoms with Gasteiger partial charge in [-0.3, -0.25) is 9.42 Å². The summed E-state index contributed by atoms with van der Waals surface area (Å²) < 4.78 is 23.6. The van der Waals surface area contributed by atoms with E-state index in [1.165, 1.54) is 41.5 Å². The molecule has 132 valence electrons. The normalized spacial score (nSPS) is 30.9. The van der Waals surface area contributed by atoms with Gasteiger partial charge in [-0.05, 0) is 91.7 Å². The first-order chi connectivity index (χ1) is 12.1. The Morgan fingerprint density at radius 1 is 1.04 bits per heavy atom. The van der Waals surface area contributed by atoms with Gasteiger partial charge in [-0.15, -0.1) is 0 Å². The van der Waals surface area contributed by atoms with Crippen LogP contribution in [-0.2, 0) is 21.9 Å². The maximum absolute atomic E-state index is 12.5. The van der Waals surface area contributed by atoms with E-state index in [0.29, 0.717) is 12.2 Å². The molecule has 1 N–H and O–H groups in total. The molecule has 0 aromatic heterocycles. The molecule has 1 aromatic rings. The monoisotopic (exact) mass is 358 g/mol. The highest BCUT2D eigenvalue weighted by atomic mass is 31.2. The van der Waals surface area contributed by atoms with Crippen LogP contribution in [-0.4, -0.2) is 11.0 Å². The van der Waals surface area contributed by atoms with E-state index < -0.39 is 7.82 Å². The molecule has 2 unspecified atom stereocenters. The Morgan fingerprint density at radius 2 is 1.84 bits per heavy atom. The van der Waals surface area contributed by atoms with Gasteiger partial charge in [-0.25, -0.2) is 4.57 Å². The van der Waals surface area contributed by atoms with Crippen molar-refractivity contribution in [1.82, 2.24) is 0 Å². The lowest BCUT2D eigenvalue weighted by Gasteiger charge is -2.32. The molecule has 2 atom stereocenters. The first-order valence-corrected chi connectivity index (χ1v) is 10.9. The SMILES string of the molecule is O=P1(O)Oc2ccc3c(c2C2=C4CCCCC4=CCC2O1)CCCC3. The van der Waals surface area contributed by atoms with Gasteiger partial charge in [0.05, 0.1) is 6.10 Å². The van der Waals surface area contributed by atoms with Crippen molar-refractivity contribution in [2.45, 2.75) is 63.9 Å². The molecule has 3 aliphatic carbocycles. The van der Waals surface area contributed by atoms with Crippen molar-refractivity contribution < 1.29 is 18.5 Å². The lowest BCUT2D eigenvalue weighted by atomic mass is 9.75. The Labute approximate surface area is 148 Å². The van der Waals surface area contributed by atoms with Crippen LogP contribution in [0.5, 0.6) is 5.75 Å². The highest BCUT2D eigenvalue weighted by Crippen LogP contribution is 2.57. The second kappa shape index (κ2) is 5.84. The molecule has 1 aromatic carbocycles. The average Bonchev–Trinajstić information content (AvgIpc) is 2.73. The minimum Gasteiger partial charge on any atom is -0.403 e. The summed E-state index contributed by atoms with van der Waals surface area (Å²) in [5, 5.41) is 0. The summed E-state index contributed by atoms with van der Waals surface area (Å²) in [6.07, 6.45) is 11.5. The van der Waals surface area contributed by atoms with Crippen LogP contribution in [0.1, 0.15) is 61.6 Å². The second-order valence-corrected chi connectivity index (χ2v) is 8.83. The summed E-state index contributed by atoms with van der Waals surface area (Å²) in [4.78, 5) is 10.2. The third-order valence-electron chi connectivity index (χ3n) is 5.97. The zero-order valence-corrected chi connectivity index (χ0v) is 15.2. The van der Waals surface area contributed by atoms with Gasteiger partial charge in [-0.1, -0.05) is 12.1 Å². The Bertz CT molecular complexity index is 851. The number of phosphoric ester groups is 1. The third-order valence-corrected chi connectivity index (χ3v) is 6.92. The van der Waals surface area contributed by atoms with E-state index in [1.807, 2.05) is 6.07 Å². The van der Waals surface area contributed by atoms with Crippen molar-refractivity contribution in [2.75, 3.05) is 0 Å². The Morgan fingerprint density at radius 3 is 2.76 bits per heavy atom. The Hall–Kier alpha value is -1.35. The zero-order chi connectivity index (χ0) is 17.0. The highest BCUT2D eigenvalue weighted by Gasteiger charge is 2.41. The van der Waals surface area contributed by atoms with Gasteiger partial charge in [0.1, 0.15) is 5.75 Å². The van der Waals surface area contributed by atoms with E-state index in [1.54, 1.807) is 0 Å². The van der Waals surface area contributed by atoms with E-state index in [0.717, 1.165) is 43.2 Å². The van der Waals surface area contributed by atoms with Gasteiger partial charge < -0.3 is 4.52 Å². The number of aryl methyl sites for hydroxylation is 1.